The van der Waals surface area contributed by atoms with Crippen LogP contribution < -0.4 is 20.3 Å². The van der Waals surface area contributed by atoms with Crippen molar-refractivity contribution in [1.82, 2.24) is 9.97 Å². The second kappa shape index (κ2) is 5.87. The van der Waals surface area contributed by atoms with E-state index in [1.807, 2.05) is 24.3 Å². The Morgan fingerprint density at radius 3 is 2.33 bits per heavy atom. The Balaban J connectivity index is 1.70. The number of nitrogen functional groups attached to an aromatic ring is 1. The summed E-state index contributed by atoms with van der Waals surface area (Å²) in [5.74, 6) is 1.58. The van der Waals surface area contributed by atoms with Gasteiger partial charge in [-0.05, 0) is 12.1 Å². The van der Waals surface area contributed by atoms with E-state index in [4.69, 9.17) is 10.5 Å². The Hall–Kier alpha value is -2.50. The van der Waals surface area contributed by atoms with Gasteiger partial charge in [-0.2, -0.15) is 0 Å². The predicted molar refractivity (Wildman–Crippen MR) is 83.9 cm³/mol. The van der Waals surface area contributed by atoms with Crippen LogP contribution in [-0.4, -0.2) is 43.3 Å². The number of piperazine rings is 1. The molecule has 0 amide bonds. The summed E-state index contributed by atoms with van der Waals surface area (Å²) in [5, 5.41) is 0. The molecule has 0 unspecified atom stereocenters. The van der Waals surface area contributed by atoms with Gasteiger partial charge in [0.25, 0.3) is 0 Å². The first-order chi connectivity index (χ1) is 10.3. The summed E-state index contributed by atoms with van der Waals surface area (Å²) in [4.78, 5) is 13.1. The zero-order valence-electron chi connectivity index (χ0n) is 12.1. The van der Waals surface area contributed by atoms with E-state index in [1.165, 1.54) is 0 Å². The molecule has 21 heavy (non-hydrogen) atoms. The third-order valence-electron chi connectivity index (χ3n) is 3.63. The molecule has 2 heterocycles. The van der Waals surface area contributed by atoms with Crippen LogP contribution in [0.3, 0.4) is 0 Å². The highest BCUT2D eigenvalue weighted by molar-refractivity contribution is 5.61. The van der Waals surface area contributed by atoms with Crippen molar-refractivity contribution in [2.24, 2.45) is 0 Å². The molecule has 6 nitrogen and oxygen atoms in total. The molecule has 1 aliphatic heterocycles. The van der Waals surface area contributed by atoms with Gasteiger partial charge >= 0.3 is 0 Å². The molecule has 0 bridgehead atoms. The maximum Gasteiger partial charge on any atom is 0.225 e. The first kappa shape index (κ1) is 13.5. The fraction of sp³-hybridized carbons (Fsp3) is 0.333. The minimum atomic E-state index is 0.721. The van der Waals surface area contributed by atoms with E-state index in [2.05, 4.69) is 19.8 Å². The largest absolute Gasteiger partial charge is 0.497 e. The standard InChI is InChI=1S/C15H19N5O/c1-21-14-10-12(16)9-13(11-14)19-5-7-20(8-6-19)15-17-3-2-4-18-15/h2-4,9-11H,5-8,16H2,1H3. The molecule has 0 spiro atoms. The quantitative estimate of drug-likeness (QED) is 0.860. The third kappa shape index (κ3) is 2.99. The molecule has 2 N–H and O–H groups in total. The molecule has 0 radical (unpaired) electrons. The molecule has 1 aromatic carbocycles. The second-order valence-corrected chi connectivity index (χ2v) is 4.99. The lowest BCUT2D eigenvalue weighted by molar-refractivity contribution is 0.415. The van der Waals surface area contributed by atoms with E-state index in [0.717, 1.165) is 49.3 Å². The lowest BCUT2D eigenvalue weighted by atomic mass is 10.2. The number of methoxy groups -OCH3 is 1. The highest BCUT2D eigenvalue weighted by atomic mass is 16.5. The summed E-state index contributed by atoms with van der Waals surface area (Å²) < 4.78 is 5.28. The van der Waals surface area contributed by atoms with Crippen LogP contribution in [-0.2, 0) is 0 Å². The van der Waals surface area contributed by atoms with Crippen LogP contribution in [0.5, 0.6) is 5.75 Å². The SMILES string of the molecule is COc1cc(N)cc(N2CCN(c3ncccn3)CC2)c1. The van der Waals surface area contributed by atoms with Crippen LogP contribution in [0.1, 0.15) is 0 Å². The van der Waals surface area contributed by atoms with Gasteiger partial charge in [0.15, 0.2) is 0 Å². The van der Waals surface area contributed by atoms with Crippen molar-refractivity contribution in [2.75, 3.05) is 48.8 Å². The predicted octanol–water partition coefficient (Wildman–Crippen LogP) is 1.39. The summed E-state index contributed by atoms with van der Waals surface area (Å²) in [7, 11) is 1.66. The summed E-state index contributed by atoms with van der Waals surface area (Å²) in [6.07, 6.45) is 3.55. The van der Waals surface area contributed by atoms with E-state index < -0.39 is 0 Å². The second-order valence-electron chi connectivity index (χ2n) is 4.99. The van der Waals surface area contributed by atoms with Gasteiger partial charge in [0.2, 0.25) is 5.95 Å². The van der Waals surface area contributed by atoms with E-state index in [9.17, 15) is 0 Å². The highest BCUT2D eigenvalue weighted by Gasteiger charge is 2.19. The summed E-state index contributed by atoms with van der Waals surface area (Å²) in [6.45, 7) is 3.60. The van der Waals surface area contributed by atoms with Crippen molar-refractivity contribution in [1.29, 1.82) is 0 Å². The van der Waals surface area contributed by atoms with Crippen molar-refractivity contribution in [3.05, 3.63) is 36.7 Å². The minimum Gasteiger partial charge on any atom is -0.497 e. The molecular formula is C15H19N5O. The van der Waals surface area contributed by atoms with Gasteiger partial charge in [-0.25, -0.2) is 9.97 Å². The molecule has 2 aromatic rings. The van der Waals surface area contributed by atoms with Gasteiger partial charge < -0.3 is 20.3 Å². The molecule has 1 fully saturated rings. The number of benzene rings is 1. The fourth-order valence-electron chi connectivity index (χ4n) is 2.53. The van der Waals surface area contributed by atoms with E-state index in [0.29, 0.717) is 0 Å². The van der Waals surface area contributed by atoms with Crippen LogP contribution in [0, 0.1) is 0 Å². The van der Waals surface area contributed by atoms with E-state index in [-0.39, 0.29) is 0 Å². The molecule has 1 saturated heterocycles. The Labute approximate surface area is 124 Å². The lowest BCUT2D eigenvalue weighted by Crippen LogP contribution is -2.47. The molecule has 3 rings (SSSR count). The Kier molecular flexibility index (Phi) is 3.77. The third-order valence-corrected chi connectivity index (χ3v) is 3.63. The number of ether oxygens (including phenoxy) is 1. The smallest absolute Gasteiger partial charge is 0.225 e. The van der Waals surface area contributed by atoms with Crippen LogP contribution in [0.25, 0.3) is 0 Å². The first-order valence-electron chi connectivity index (χ1n) is 6.98. The summed E-state index contributed by atoms with van der Waals surface area (Å²) in [5.41, 5.74) is 7.74. The fourth-order valence-corrected chi connectivity index (χ4v) is 2.53. The number of hydrogen-bond donors (Lipinski definition) is 1. The van der Waals surface area contributed by atoms with Gasteiger partial charge in [0.1, 0.15) is 5.75 Å². The van der Waals surface area contributed by atoms with Crippen LogP contribution in [0.2, 0.25) is 0 Å². The molecule has 0 aliphatic carbocycles. The number of nitrogens with zero attached hydrogens (tertiary/aromatic N) is 4. The average Bonchev–Trinajstić information content (AvgIpc) is 2.55. The summed E-state index contributed by atoms with van der Waals surface area (Å²) in [6, 6.07) is 7.67. The lowest BCUT2D eigenvalue weighted by Gasteiger charge is -2.36. The average molecular weight is 285 g/mol. The Bertz CT molecular complexity index is 596. The molecule has 6 heteroatoms. The first-order valence-corrected chi connectivity index (χ1v) is 6.98. The van der Waals surface area contributed by atoms with Crippen molar-refractivity contribution in [3.8, 4) is 5.75 Å². The van der Waals surface area contributed by atoms with Crippen molar-refractivity contribution >= 4 is 17.3 Å². The minimum absolute atomic E-state index is 0.721. The van der Waals surface area contributed by atoms with Crippen LogP contribution >= 0.6 is 0 Å². The number of nitrogens with two attached hydrogens (primary N) is 1. The molecule has 110 valence electrons. The van der Waals surface area contributed by atoms with Gasteiger partial charge in [0.05, 0.1) is 7.11 Å². The van der Waals surface area contributed by atoms with Gasteiger partial charge in [-0.1, -0.05) is 0 Å². The zero-order valence-corrected chi connectivity index (χ0v) is 12.1. The van der Waals surface area contributed by atoms with Gasteiger partial charge in [0, 0.05) is 62.1 Å². The number of hydrogen-bond acceptors (Lipinski definition) is 6. The monoisotopic (exact) mass is 285 g/mol. The van der Waals surface area contributed by atoms with Crippen LogP contribution in [0.15, 0.2) is 36.7 Å². The Morgan fingerprint density at radius 2 is 1.67 bits per heavy atom. The van der Waals surface area contributed by atoms with E-state index in [1.54, 1.807) is 19.5 Å². The normalized spacial score (nSPS) is 15.1. The highest BCUT2D eigenvalue weighted by Crippen LogP contribution is 2.26. The topological polar surface area (TPSA) is 67.5 Å². The number of aromatic nitrogens is 2. The molecule has 0 atom stereocenters. The zero-order chi connectivity index (χ0) is 14.7. The number of anilines is 3. The van der Waals surface area contributed by atoms with Gasteiger partial charge in [-0.3, -0.25) is 0 Å². The molecular weight excluding hydrogens is 266 g/mol. The maximum atomic E-state index is 5.92. The van der Waals surface area contributed by atoms with Gasteiger partial charge in [-0.15, -0.1) is 0 Å². The van der Waals surface area contributed by atoms with Crippen molar-refractivity contribution in [2.45, 2.75) is 0 Å². The molecule has 0 saturated carbocycles. The molecule has 1 aromatic heterocycles. The number of rotatable bonds is 3. The van der Waals surface area contributed by atoms with E-state index >= 15 is 0 Å². The van der Waals surface area contributed by atoms with Crippen molar-refractivity contribution < 1.29 is 4.74 Å². The Morgan fingerprint density at radius 1 is 1.00 bits per heavy atom. The van der Waals surface area contributed by atoms with Crippen molar-refractivity contribution in [3.63, 3.8) is 0 Å². The van der Waals surface area contributed by atoms with Crippen LogP contribution in [0.4, 0.5) is 17.3 Å². The maximum absolute atomic E-state index is 5.92. The molecule has 1 aliphatic rings. The summed E-state index contributed by atoms with van der Waals surface area (Å²) >= 11 is 0.